The molecule has 2 aromatic rings. The Balaban J connectivity index is 2.19. The Hall–Kier alpha value is -2.33. The molecule has 0 saturated heterocycles. The summed E-state index contributed by atoms with van der Waals surface area (Å²) >= 11 is 0. The van der Waals surface area contributed by atoms with Crippen molar-refractivity contribution in [3.63, 3.8) is 0 Å². The summed E-state index contributed by atoms with van der Waals surface area (Å²) in [4.78, 5) is 10.8. The number of hydrogen-bond acceptors (Lipinski definition) is 3. The van der Waals surface area contributed by atoms with E-state index in [1.165, 1.54) is 0 Å². The fourth-order valence-corrected chi connectivity index (χ4v) is 2.24. The first-order valence-corrected chi connectivity index (χ1v) is 6.68. The summed E-state index contributed by atoms with van der Waals surface area (Å²) < 4.78 is 5.82. The maximum absolute atomic E-state index is 10.8. The summed E-state index contributed by atoms with van der Waals surface area (Å²) in [5, 5.41) is 18.5. The van der Waals surface area contributed by atoms with Gasteiger partial charge in [0.1, 0.15) is 12.4 Å². The molecule has 1 unspecified atom stereocenters. The molecule has 0 aromatic heterocycles. The minimum Gasteiger partial charge on any atom is -0.488 e. The van der Waals surface area contributed by atoms with E-state index in [1.54, 1.807) is 12.1 Å². The van der Waals surface area contributed by atoms with Crippen LogP contribution in [0.25, 0.3) is 0 Å². The smallest absolute Gasteiger partial charge is 0.337 e. The van der Waals surface area contributed by atoms with Crippen molar-refractivity contribution in [2.24, 2.45) is 0 Å². The molecule has 0 aliphatic rings. The van der Waals surface area contributed by atoms with Crippen LogP contribution in [0.1, 0.15) is 28.4 Å². The molecule has 2 aromatic carbocycles. The van der Waals surface area contributed by atoms with Crippen LogP contribution in [0.5, 0.6) is 5.75 Å². The van der Waals surface area contributed by atoms with Crippen LogP contribution in [-0.4, -0.2) is 16.2 Å². The Morgan fingerprint density at radius 3 is 2.24 bits per heavy atom. The quantitative estimate of drug-likeness (QED) is 0.886. The molecule has 0 aliphatic carbocycles. The number of aliphatic hydroxyl groups excluding tert-OH is 1. The number of carboxylic acid groups (broad SMARTS) is 1. The number of carboxylic acids is 1. The minimum atomic E-state index is -1.51. The molecule has 2 N–H and O–H groups in total. The highest BCUT2D eigenvalue weighted by Gasteiger charge is 2.18. The van der Waals surface area contributed by atoms with E-state index in [0.717, 1.165) is 22.4 Å². The van der Waals surface area contributed by atoms with Gasteiger partial charge in [0.2, 0.25) is 0 Å². The van der Waals surface area contributed by atoms with Gasteiger partial charge in [-0.15, -0.1) is 0 Å². The van der Waals surface area contributed by atoms with Gasteiger partial charge in [0.05, 0.1) is 0 Å². The van der Waals surface area contributed by atoms with Crippen LogP contribution in [0.3, 0.4) is 0 Å². The highest BCUT2D eigenvalue weighted by Crippen LogP contribution is 2.28. The summed E-state index contributed by atoms with van der Waals surface area (Å²) in [6.07, 6.45) is -1.51. The second kappa shape index (κ2) is 6.41. The van der Waals surface area contributed by atoms with Crippen LogP contribution in [-0.2, 0) is 11.4 Å². The molecule has 0 saturated carbocycles. The summed E-state index contributed by atoms with van der Waals surface area (Å²) in [5.41, 5.74) is 3.04. The third kappa shape index (κ3) is 3.61. The van der Waals surface area contributed by atoms with Gasteiger partial charge < -0.3 is 14.9 Å². The van der Waals surface area contributed by atoms with Gasteiger partial charge in [-0.25, -0.2) is 4.79 Å². The van der Waals surface area contributed by atoms with Crippen molar-refractivity contribution in [3.05, 3.63) is 64.7 Å². The van der Waals surface area contributed by atoms with E-state index in [4.69, 9.17) is 9.84 Å². The molecule has 0 heterocycles. The Labute approximate surface area is 123 Å². The maximum Gasteiger partial charge on any atom is 0.337 e. The first-order chi connectivity index (χ1) is 9.99. The lowest BCUT2D eigenvalue weighted by Gasteiger charge is -2.15. The van der Waals surface area contributed by atoms with Gasteiger partial charge in [0, 0.05) is 0 Å². The average molecular weight is 286 g/mol. The minimum absolute atomic E-state index is 0.365. The molecule has 0 amide bonds. The number of ether oxygens (including phenoxy) is 1. The van der Waals surface area contributed by atoms with E-state index >= 15 is 0 Å². The summed E-state index contributed by atoms with van der Waals surface area (Å²) in [6.45, 7) is 4.13. The number of aliphatic hydroxyl groups is 1. The van der Waals surface area contributed by atoms with E-state index < -0.39 is 12.1 Å². The van der Waals surface area contributed by atoms with Crippen LogP contribution in [0, 0.1) is 13.8 Å². The number of aryl methyl sites for hydroxylation is 2. The van der Waals surface area contributed by atoms with E-state index in [9.17, 15) is 9.90 Å². The zero-order chi connectivity index (χ0) is 15.4. The summed E-state index contributed by atoms with van der Waals surface area (Å²) in [5.74, 6) is -0.535. The molecule has 0 bridgehead atoms. The fraction of sp³-hybridized carbons (Fsp3) is 0.235. The topological polar surface area (TPSA) is 66.8 Å². The van der Waals surface area contributed by atoms with Crippen molar-refractivity contribution < 1.29 is 19.7 Å². The standard InChI is InChI=1S/C17H18O4/c1-11-8-14(15(18)17(19)20)9-12(2)16(11)21-10-13-6-4-3-5-7-13/h3-9,15,18H,10H2,1-2H3,(H,19,20). The van der Waals surface area contributed by atoms with Crippen LogP contribution < -0.4 is 4.74 Å². The predicted molar refractivity (Wildman–Crippen MR) is 79.3 cm³/mol. The lowest BCUT2D eigenvalue weighted by atomic mass is 10.0. The molecule has 2 rings (SSSR count). The van der Waals surface area contributed by atoms with Gasteiger partial charge in [0.15, 0.2) is 6.10 Å². The number of aliphatic carboxylic acids is 1. The van der Waals surface area contributed by atoms with Crippen molar-refractivity contribution in [2.45, 2.75) is 26.6 Å². The molecule has 0 radical (unpaired) electrons. The first kappa shape index (κ1) is 15.1. The monoisotopic (exact) mass is 286 g/mol. The number of benzene rings is 2. The van der Waals surface area contributed by atoms with Gasteiger partial charge >= 0.3 is 5.97 Å². The molecule has 0 aliphatic heterocycles. The van der Waals surface area contributed by atoms with Crippen molar-refractivity contribution >= 4 is 5.97 Å². The Morgan fingerprint density at radius 2 is 1.71 bits per heavy atom. The normalized spacial score (nSPS) is 12.0. The highest BCUT2D eigenvalue weighted by molar-refractivity contribution is 5.74. The lowest BCUT2D eigenvalue weighted by Crippen LogP contribution is -2.11. The van der Waals surface area contributed by atoms with Gasteiger partial charge in [0.25, 0.3) is 0 Å². The molecule has 0 spiro atoms. The molecule has 1 atom stereocenters. The largest absolute Gasteiger partial charge is 0.488 e. The van der Waals surface area contributed by atoms with Crippen LogP contribution in [0.2, 0.25) is 0 Å². The second-order valence-electron chi connectivity index (χ2n) is 5.00. The van der Waals surface area contributed by atoms with E-state index in [0.29, 0.717) is 12.2 Å². The summed E-state index contributed by atoms with van der Waals surface area (Å²) in [7, 11) is 0. The van der Waals surface area contributed by atoms with E-state index in [1.807, 2.05) is 44.2 Å². The fourth-order valence-electron chi connectivity index (χ4n) is 2.24. The van der Waals surface area contributed by atoms with Crippen molar-refractivity contribution in [1.29, 1.82) is 0 Å². The van der Waals surface area contributed by atoms with E-state index in [-0.39, 0.29) is 0 Å². The Bertz CT molecular complexity index is 611. The molecule has 4 heteroatoms. The lowest BCUT2D eigenvalue weighted by molar-refractivity contribution is -0.146. The Morgan fingerprint density at radius 1 is 1.14 bits per heavy atom. The molecule has 21 heavy (non-hydrogen) atoms. The van der Waals surface area contributed by atoms with E-state index in [2.05, 4.69) is 0 Å². The highest BCUT2D eigenvalue weighted by atomic mass is 16.5. The Kier molecular flexibility index (Phi) is 4.60. The second-order valence-corrected chi connectivity index (χ2v) is 5.00. The first-order valence-electron chi connectivity index (χ1n) is 6.68. The third-order valence-corrected chi connectivity index (χ3v) is 3.26. The number of hydrogen-bond donors (Lipinski definition) is 2. The van der Waals surface area contributed by atoms with Gasteiger partial charge in [-0.05, 0) is 48.2 Å². The van der Waals surface area contributed by atoms with Crippen molar-refractivity contribution in [3.8, 4) is 5.75 Å². The van der Waals surface area contributed by atoms with Crippen LogP contribution in [0.15, 0.2) is 42.5 Å². The van der Waals surface area contributed by atoms with Crippen LogP contribution >= 0.6 is 0 Å². The zero-order valence-electron chi connectivity index (χ0n) is 12.0. The van der Waals surface area contributed by atoms with Crippen LogP contribution in [0.4, 0.5) is 0 Å². The number of carbonyl (C=O) groups is 1. The van der Waals surface area contributed by atoms with Crippen molar-refractivity contribution in [1.82, 2.24) is 0 Å². The molecule has 0 fully saturated rings. The molecular formula is C17H18O4. The molecular weight excluding hydrogens is 268 g/mol. The average Bonchev–Trinajstić information content (AvgIpc) is 2.46. The SMILES string of the molecule is Cc1cc(C(O)C(=O)O)cc(C)c1OCc1ccccc1. The van der Waals surface area contributed by atoms with Gasteiger partial charge in [-0.1, -0.05) is 30.3 Å². The summed E-state index contributed by atoms with van der Waals surface area (Å²) in [6, 6.07) is 13.1. The molecule has 110 valence electrons. The number of rotatable bonds is 5. The predicted octanol–water partition coefficient (Wildman–Crippen LogP) is 3.00. The van der Waals surface area contributed by atoms with Gasteiger partial charge in [-0.3, -0.25) is 0 Å². The third-order valence-electron chi connectivity index (χ3n) is 3.26. The zero-order valence-corrected chi connectivity index (χ0v) is 12.0. The van der Waals surface area contributed by atoms with Gasteiger partial charge in [-0.2, -0.15) is 0 Å². The molecule has 4 nitrogen and oxygen atoms in total. The van der Waals surface area contributed by atoms with Crippen molar-refractivity contribution in [2.75, 3.05) is 0 Å². The maximum atomic E-state index is 10.8.